The van der Waals surface area contributed by atoms with Crippen LogP contribution in [0.1, 0.15) is 51.4 Å². The molecule has 0 amide bonds. The van der Waals surface area contributed by atoms with Crippen LogP contribution < -0.4 is 5.32 Å². The van der Waals surface area contributed by atoms with Crippen molar-refractivity contribution in [2.45, 2.75) is 75.0 Å². The maximum atomic E-state index is 12.6. The first kappa shape index (κ1) is 11.4. The molecule has 1 saturated carbocycles. The molecule has 1 N–H and O–H groups in total. The topological polar surface area (TPSA) is 32.3 Å². The number of nitrogens with one attached hydrogen (secondary N) is 1. The van der Waals surface area contributed by atoms with Crippen LogP contribution >= 0.6 is 0 Å². The third kappa shape index (κ3) is 1.47. The van der Waals surface area contributed by atoms with Gasteiger partial charge >= 0.3 is 0 Å². The smallest absolute Gasteiger partial charge is 0.153 e. The van der Waals surface area contributed by atoms with E-state index in [2.05, 4.69) is 17.3 Å². The van der Waals surface area contributed by atoms with Gasteiger partial charge in [-0.25, -0.2) is 0 Å². The number of nitrogens with zero attached hydrogens (tertiary/aromatic N) is 1. The average Bonchev–Trinajstić information content (AvgIpc) is 3.07. The van der Waals surface area contributed by atoms with Gasteiger partial charge in [-0.3, -0.25) is 9.69 Å². The van der Waals surface area contributed by atoms with Crippen molar-refractivity contribution in [3.05, 3.63) is 0 Å². The van der Waals surface area contributed by atoms with Crippen molar-refractivity contribution in [1.82, 2.24) is 10.2 Å². The van der Waals surface area contributed by atoms with Gasteiger partial charge in [-0.2, -0.15) is 0 Å². The fraction of sp³-hybridized carbons (Fsp3) is 0.933. The van der Waals surface area contributed by atoms with Crippen molar-refractivity contribution in [1.29, 1.82) is 0 Å². The number of piperidine rings is 1. The highest BCUT2D eigenvalue weighted by Gasteiger charge is 2.63. The second-order valence-electron chi connectivity index (χ2n) is 7.02. The van der Waals surface area contributed by atoms with Crippen LogP contribution in [0.5, 0.6) is 0 Å². The molecule has 1 aliphatic carbocycles. The second kappa shape index (κ2) is 3.80. The molecule has 4 atom stereocenters. The molecule has 0 aromatic heterocycles. The van der Waals surface area contributed by atoms with E-state index in [1.165, 1.54) is 32.1 Å². The SMILES string of the molecule is CN[C@H]1C[C@@H]2CCC3(C(=O)CC4CC4)C[C@H](C1)N23. The molecule has 0 radical (unpaired) electrons. The zero-order chi connectivity index (χ0) is 12.3. The van der Waals surface area contributed by atoms with Crippen LogP contribution in [0.4, 0.5) is 0 Å². The Morgan fingerprint density at radius 2 is 2.06 bits per heavy atom. The average molecular weight is 248 g/mol. The Labute approximate surface area is 109 Å². The van der Waals surface area contributed by atoms with E-state index >= 15 is 0 Å². The number of carbonyl (C=O) groups is 1. The molecule has 0 aromatic rings. The summed E-state index contributed by atoms with van der Waals surface area (Å²) in [6.45, 7) is 0. The van der Waals surface area contributed by atoms with Gasteiger partial charge in [0.25, 0.3) is 0 Å². The van der Waals surface area contributed by atoms with E-state index in [0.717, 1.165) is 25.2 Å². The van der Waals surface area contributed by atoms with Crippen LogP contribution in [0.15, 0.2) is 0 Å². The molecule has 3 aliphatic heterocycles. The Bertz CT molecular complexity index is 379. The van der Waals surface area contributed by atoms with Crippen LogP contribution in [0.25, 0.3) is 0 Å². The number of hydrogen-bond donors (Lipinski definition) is 1. The van der Waals surface area contributed by atoms with E-state index in [9.17, 15) is 4.79 Å². The molecule has 3 heteroatoms. The summed E-state index contributed by atoms with van der Waals surface area (Å²) in [5.41, 5.74) is 0.0106. The molecule has 4 rings (SSSR count). The van der Waals surface area contributed by atoms with E-state index in [0.29, 0.717) is 23.9 Å². The van der Waals surface area contributed by atoms with Crippen molar-refractivity contribution in [2.24, 2.45) is 5.92 Å². The lowest BCUT2D eigenvalue weighted by Gasteiger charge is -2.59. The first-order chi connectivity index (χ1) is 8.73. The fourth-order valence-electron chi connectivity index (χ4n) is 4.84. The molecule has 18 heavy (non-hydrogen) atoms. The Morgan fingerprint density at radius 3 is 2.78 bits per heavy atom. The number of hydrogen-bond acceptors (Lipinski definition) is 3. The van der Waals surface area contributed by atoms with Gasteiger partial charge in [0, 0.05) is 24.5 Å². The lowest BCUT2D eigenvalue weighted by atomic mass is 9.71. The van der Waals surface area contributed by atoms with Gasteiger partial charge in [0.1, 0.15) is 0 Å². The van der Waals surface area contributed by atoms with Gasteiger partial charge in [-0.05, 0) is 57.9 Å². The minimum atomic E-state index is 0.0106. The quantitative estimate of drug-likeness (QED) is 0.822. The first-order valence-electron chi connectivity index (χ1n) is 7.72. The summed E-state index contributed by atoms with van der Waals surface area (Å²) in [5, 5.41) is 3.44. The van der Waals surface area contributed by atoms with Gasteiger partial charge < -0.3 is 5.32 Å². The molecular formula is C15H24N2O. The van der Waals surface area contributed by atoms with Crippen LogP contribution in [0.2, 0.25) is 0 Å². The fourth-order valence-corrected chi connectivity index (χ4v) is 4.84. The molecule has 4 fully saturated rings. The van der Waals surface area contributed by atoms with Crippen molar-refractivity contribution in [2.75, 3.05) is 7.05 Å². The van der Waals surface area contributed by atoms with E-state index < -0.39 is 0 Å². The number of Topliss-reactive ketones (excluding diaryl/α,β-unsaturated/α-hetero) is 1. The summed E-state index contributed by atoms with van der Waals surface area (Å²) in [6.07, 6.45) is 9.56. The van der Waals surface area contributed by atoms with Gasteiger partial charge in [-0.1, -0.05) is 0 Å². The summed E-state index contributed by atoms with van der Waals surface area (Å²) >= 11 is 0. The van der Waals surface area contributed by atoms with E-state index in [1.807, 2.05) is 0 Å². The third-order valence-electron chi connectivity index (χ3n) is 5.96. The predicted octanol–water partition coefficient (Wildman–Crippen LogP) is 1.71. The molecule has 0 bridgehead atoms. The molecule has 100 valence electrons. The third-order valence-corrected chi connectivity index (χ3v) is 5.96. The molecule has 3 heterocycles. The van der Waals surface area contributed by atoms with Crippen LogP contribution in [0, 0.1) is 5.92 Å². The zero-order valence-corrected chi connectivity index (χ0v) is 11.3. The predicted molar refractivity (Wildman–Crippen MR) is 70.4 cm³/mol. The Kier molecular flexibility index (Phi) is 2.41. The molecule has 3 saturated heterocycles. The zero-order valence-electron chi connectivity index (χ0n) is 11.3. The van der Waals surface area contributed by atoms with E-state index in [4.69, 9.17) is 0 Å². The van der Waals surface area contributed by atoms with Crippen LogP contribution in [-0.2, 0) is 4.79 Å². The summed E-state index contributed by atoms with van der Waals surface area (Å²) in [7, 11) is 2.08. The van der Waals surface area contributed by atoms with Crippen LogP contribution in [-0.4, -0.2) is 41.4 Å². The van der Waals surface area contributed by atoms with Crippen LogP contribution in [0.3, 0.4) is 0 Å². The molecule has 0 spiro atoms. The summed E-state index contributed by atoms with van der Waals surface area (Å²) < 4.78 is 0. The maximum absolute atomic E-state index is 12.6. The minimum absolute atomic E-state index is 0.0106. The van der Waals surface area contributed by atoms with E-state index in [1.54, 1.807) is 0 Å². The number of carbonyl (C=O) groups excluding carboxylic acids is 1. The van der Waals surface area contributed by atoms with Crippen molar-refractivity contribution in [3.63, 3.8) is 0 Å². The lowest BCUT2D eigenvalue weighted by molar-refractivity contribution is -0.152. The van der Waals surface area contributed by atoms with Crippen molar-refractivity contribution in [3.8, 4) is 0 Å². The monoisotopic (exact) mass is 248 g/mol. The Morgan fingerprint density at radius 1 is 1.28 bits per heavy atom. The molecule has 4 aliphatic rings. The number of ketones is 1. The van der Waals surface area contributed by atoms with Crippen molar-refractivity contribution < 1.29 is 4.79 Å². The Hall–Kier alpha value is -0.410. The summed E-state index contributed by atoms with van der Waals surface area (Å²) in [6, 6.07) is 2.08. The number of rotatable bonds is 4. The molecule has 1 unspecified atom stereocenters. The standard InChI is InChI=1S/C15H24N2O/c1-16-11-7-12-4-5-15(9-13(8-11)17(12)15)14(18)6-10-2-3-10/h10-13,16H,2-9H2,1H3/t11-,12-,13-,15?/m0/s1. The largest absolute Gasteiger partial charge is 0.317 e. The normalized spacial score (nSPS) is 46.6. The van der Waals surface area contributed by atoms with Gasteiger partial charge in [-0.15, -0.1) is 0 Å². The second-order valence-corrected chi connectivity index (χ2v) is 7.02. The van der Waals surface area contributed by atoms with Gasteiger partial charge in [0.2, 0.25) is 0 Å². The van der Waals surface area contributed by atoms with Crippen molar-refractivity contribution >= 4 is 5.78 Å². The maximum Gasteiger partial charge on any atom is 0.153 e. The summed E-state index contributed by atoms with van der Waals surface area (Å²) in [5.74, 6) is 1.34. The van der Waals surface area contributed by atoms with Gasteiger partial charge in [0.05, 0.1) is 5.54 Å². The first-order valence-corrected chi connectivity index (χ1v) is 7.72. The molecule has 0 aromatic carbocycles. The highest BCUT2D eigenvalue weighted by atomic mass is 16.1. The minimum Gasteiger partial charge on any atom is -0.317 e. The summed E-state index contributed by atoms with van der Waals surface area (Å²) in [4.78, 5) is 15.2. The van der Waals surface area contributed by atoms with Gasteiger partial charge in [0.15, 0.2) is 5.78 Å². The Balaban J connectivity index is 1.51. The molecule has 3 nitrogen and oxygen atoms in total. The molecular weight excluding hydrogens is 224 g/mol. The highest BCUT2D eigenvalue weighted by molar-refractivity contribution is 5.90. The highest BCUT2D eigenvalue weighted by Crippen LogP contribution is 2.55. The van der Waals surface area contributed by atoms with E-state index in [-0.39, 0.29) is 5.54 Å². The lowest BCUT2D eigenvalue weighted by Crippen LogP contribution is -2.71.